The van der Waals surface area contributed by atoms with Crippen LogP contribution in [0.3, 0.4) is 0 Å². The van der Waals surface area contributed by atoms with E-state index in [1.165, 1.54) is 5.56 Å². The fraction of sp³-hybridized carbons (Fsp3) is 0.389. The predicted molar refractivity (Wildman–Crippen MR) is 93.7 cm³/mol. The molecule has 2 rings (SSSR count). The predicted octanol–water partition coefficient (Wildman–Crippen LogP) is 1.42. The smallest absolute Gasteiger partial charge is 0.273 e. The van der Waals surface area contributed by atoms with Gasteiger partial charge in [-0.2, -0.15) is 0 Å². The Morgan fingerprint density at radius 1 is 1.24 bits per heavy atom. The van der Waals surface area contributed by atoms with E-state index in [4.69, 9.17) is 4.52 Å². The zero-order valence-corrected chi connectivity index (χ0v) is 14.8. The molecule has 1 atom stereocenters. The molecule has 0 radical (unpaired) electrons. The molecular formula is C18H24N4O3. The Morgan fingerprint density at radius 3 is 2.64 bits per heavy atom. The van der Waals surface area contributed by atoms with Crippen LogP contribution in [0.5, 0.6) is 0 Å². The van der Waals surface area contributed by atoms with Gasteiger partial charge in [0.05, 0.1) is 12.5 Å². The van der Waals surface area contributed by atoms with Crippen molar-refractivity contribution >= 4 is 11.8 Å². The third-order valence-corrected chi connectivity index (χ3v) is 3.78. The third-order valence-electron chi connectivity index (χ3n) is 3.78. The molecule has 0 saturated carbocycles. The molecule has 2 aromatic rings. The Morgan fingerprint density at radius 2 is 1.96 bits per heavy atom. The largest absolute Gasteiger partial charge is 0.359 e. The molecule has 2 N–H and O–H groups in total. The van der Waals surface area contributed by atoms with Crippen LogP contribution in [0.2, 0.25) is 0 Å². The van der Waals surface area contributed by atoms with Crippen molar-refractivity contribution in [2.75, 3.05) is 20.6 Å². The van der Waals surface area contributed by atoms with E-state index >= 15 is 0 Å². The summed E-state index contributed by atoms with van der Waals surface area (Å²) in [6, 6.07) is 11.7. The summed E-state index contributed by atoms with van der Waals surface area (Å²) >= 11 is 0. The van der Waals surface area contributed by atoms with Crippen LogP contribution in [-0.2, 0) is 17.9 Å². The van der Waals surface area contributed by atoms with Gasteiger partial charge in [0.15, 0.2) is 11.5 Å². The fourth-order valence-electron chi connectivity index (χ4n) is 2.39. The van der Waals surface area contributed by atoms with E-state index in [2.05, 4.69) is 32.8 Å². The van der Waals surface area contributed by atoms with Gasteiger partial charge in [-0.1, -0.05) is 42.4 Å². The number of carbonyl (C=O) groups is 2. The van der Waals surface area contributed by atoms with Crippen LogP contribution in [0, 0.1) is 5.92 Å². The highest BCUT2D eigenvalue weighted by atomic mass is 16.5. The van der Waals surface area contributed by atoms with E-state index in [-0.39, 0.29) is 30.0 Å². The standard InChI is InChI=1S/C18H24N4O3/c1-13(17(23)19-2)10-20-18(24)16-9-15(25-21-16)12-22(3)11-14-7-5-4-6-8-14/h4-9,13H,10-12H2,1-3H3,(H,19,23)(H,20,24)/t13-/m0/s1. The fourth-order valence-corrected chi connectivity index (χ4v) is 2.39. The molecule has 0 aliphatic heterocycles. The molecule has 0 saturated heterocycles. The summed E-state index contributed by atoms with van der Waals surface area (Å²) in [5, 5.41) is 9.03. The molecule has 0 aliphatic rings. The summed E-state index contributed by atoms with van der Waals surface area (Å²) in [7, 11) is 3.54. The van der Waals surface area contributed by atoms with Gasteiger partial charge in [-0.15, -0.1) is 0 Å². The first-order valence-electron chi connectivity index (χ1n) is 8.17. The van der Waals surface area contributed by atoms with Crippen molar-refractivity contribution in [1.82, 2.24) is 20.7 Å². The number of amides is 2. The summed E-state index contributed by atoms with van der Waals surface area (Å²) in [4.78, 5) is 25.6. The highest BCUT2D eigenvalue weighted by Crippen LogP contribution is 2.10. The Kier molecular flexibility index (Phi) is 6.71. The monoisotopic (exact) mass is 344 g/mol. The van der Waals surface area contributed by atoms with E-state index in [1.54, 1.807) is 20.0 Å². The number of benzene rings is 1. The van der Waals surface area contributed by atoms with Crippen LogP contribution in [0.1, 0.15) is 28.7 Å². The molecular weight excluding hydrogens is 320 g/mol. The summed E-state index contributed by atoms with van der Waals surface area (Å²) in [5.74, 6) is -0.166. The summed E-state index contributed by atoms with van der Waals surface area (Å²) in [6.07, 6.45) is 0. The maximum absolute atomic E-state index is 12.1. The molecule has 25 heavy (non-hydrogen) atoms. The number of nitrogens with zero attached hydrogens (tertiary/aromatic N) is 2. The number of hydrogen-bond donors (Lipinski definition) is 2. The molecule has 0 aliphatic carbocycles. The van der Waals surface area contributed by atoms with E-state index in [1.807, 2.05) is 25.2 Å². The molecule has 2 amide bonds. The number of aromatic nitrogens is 1. The molecule has 0 bridgehead atoms. The average molecular weight is 344 g/mol. The molecule has 0 unspecified atom stereocenters. The lowest BCUT2D eigenvalue weighted by atomic mass is 10.1. The highest BCUT2D eigenvalue weighted by molar-refractivity contribution is 5.92. The number of rotatable bonds is 8. The summed E-state index contributed by atoms with van der Waals surface area (Å²) in [6.45, 7) is 3.30. The molecule has 0 fully saturated rings. The zero-order chi connectivity index (χ0) is 18.2. The van der Waals surface area contributed by atoms with Crippen molar-refractivity contribution in [3.63, 3.8) is 0 Å². The molecule has 1 aromatic carbocycles. The highest BCUT2D eigenvalue weighted by Gasteiger charge is 2.16. The molecule has 7 nitrogen and oxygen atoms in total. The lowest BCUT2D eigenvalue weighted by Gasteiger charge is -2.14. The first-order chi connectivity index (χ1) is 12.0. The van der Waals surface area contributed by atoms with Gasteiger partial charge in [-0.05, 0) is 12.6 Å². The minimum atomic E-state index is -0.350. The number of hydrogen-bond acceptors (Lipinski definition) is 5. The minimum absolute atomic E-state index is 0.122. The maximum Gasteiger partial charge on any atom is 0.273 e. The van der Waals surface area contributed by atoms with Crippen LogP contribution >= 0.6 is 0 Å². The van der Waals surface area contributed by atoms with Crippen LogP contribution in [0.4, 0.5) is 0 Å². The van der Waals surface area contributed by atoms with Gasteiger partial charge in [-0.25, -0.2) is 0 Å². The van der Waals surface area contributed by atoms with Gasteiger partial charge in [0.1, 0.15) is 0 Å². The molecule has 0 spiro atoms. The second kappa shape index (κ2) is 8.98. The van der Waals surface area contributed by atoms with Crippen molar-refractivity contribution in [2.24, 2.45) is 5.92 Å². The Balaban J connectivity index is 1.84. The van der Waals surface area contributed by atoms with E-state index in [9.17, 15) is 9.59 Å². The second-order valence-electron chi connectivity index (χ2n) is 6.06. The quantitative estimate of drug-likeness (QED) is 0.756. The molecule has 7 heteroatoms. The maximum atomic E-state index is 12.1. The number of carbonyl (C=O) groups excluding carboxylic acids is 2. The normalized spacial score (nSPS) is 12.0. The summed E-state index contributed by atoms with van der Waals surface area (Å²) < 4.78 is 5.24. The van der Waals surface area contributed by atoms with Gasteiger partial charge in [0, 0.05) is 26.2 Å². The average Bonchev–Trinajstić information content (AvgIpc) is 3.07. The van der Waals surface area contributed by atoms with Crippen LogP contribution in [-0.4, -0.2) is 42.5 Å². The SMILES string of the molecule is CNC(=O)[C@@H](C)CNC(=O)c1cc(CN(C)Cc2ccccc2)on1. The van der Waals surface area contributed by atoms with Gasteiger partial charge < -0.3 is 15.2 Å². The van der Waals surface area contributed by atoms with Crippen LogP contribution in [0.15, 0.2) is 40.9 Å². The topological polar surface area (TPSA) is 87.5 Å². The van der Waals surface area contributed by atoms with Crippen molar-refractivity contribution in [3.8, 4) is 0 Å². The van der Waals surface area contributed by atoms with Gasteiger partial charge in [0.25, 0.3) is 5.91 Å². The van der Waals surface area contributed by atoms with Gasteiger partial charge in [-0.3, -0.25) is 14.5 Å². The lowest BCUT2D eigenvalue weighted by Crippen LogP contribution is -2.36. The third kappa shape index (κ3) is 5.72. The molecule has 1 heterocycles. The minimum Gasteiger partial charge on any atom is -0.359 e. The summed E-state index contributed by atoms with van der Waals surface area (Å²) in [5.41, 5.74) is 1.41. The lowest BCUT2D eigenvalue weighted by molar-refractivity contribution is -0.123. The first-order valence-corrected chi connectivity index (χ1v) is 8.17. The van der Waals surface area contributed by atoms with E-state index in [0.717, 1.165) is 6.54 Å². The van der Waals surface area contributed by atoms with E-state index in [0.29, 0.717) is 12.3 Å². The van der Waals surface area contributed by atoms with Crippen LogP contribution in [0.25, 0.3) is 0 Å². The zero-order valence-electron chi connectivity index (χ0n) is 14.8. The Hall–Kier alpha value is -2.67. The molecule has 1 aromatic heterocycles. The molecule has 134 valence electrons. The Labute approximate surface area is 147 Å². The first kappa shape index (κ1) is 18.7. The number of nitrogens with one attached hydrogen (secondary N) is 2. The van der Waals surface area contributed by atoms with Crippen LogP contribution < -0.4 is 10.6 Å². The van der Waals surface area contributed by atoms with Crippen molar-refractivity contribution in [2.45, 2.75) is 20.0 Å². The van der Waals surface area contributed by atoms with E-state index < -0.39 is 0 Å². The van der Waals surface area contributed by atoms with Crippen molar-refractivity contribution < 1.29 is 14.1 Å². The van der Waals surface area contributed by atoms with Crippen molar-refractivity contribution in [1.29, 1.82) is 0 Å². The van der Waals surface area contributed by atoms with Gasteiger partial charge in [0.2, 0.25) is 5.91 Å². The van der Waals surface area contributed by atoms with Crippen molar-refractivity contribution in [3.05, 3.63) is 53.4 Å². The second-order valence-corrected chi connectivity index (χ2v) is 6.06. The van der Waals surface area contributed by atoms with Gasteiger partial charge >= 0.3 is 0 Å². The Bertz CT molecular complexity index is 699.